The van der Waals surface area contributed by atoms with Crippen molar-refractivity contribution in [2.24, 2.45) is 0 Å². The van der Waals surface area contributed by atoms with Gasteiger partial charge in [-0.1, -0.05) is 42.0 Å². The molecule has 1 aliphatic rings. The zero-order valence-corrected chi connectivity index (χ0v) is 19.6. The lowest BCUT2D eigenvalue weighted by atomic mass is 10.1. The second-order valence-corrected chi connectivity index (χ2v) is 8.63. The van der Waals surface area contributed by atoms with Crippen LogP contribution in [0.25, 0.3) is 17.0 Å². The summed E-state index contributed by atoms with van der Waals surface area (Å²) in [6.45, 7) is 4.79. The highest BCUT2D eigenvalue weighted by Gasteiger charge is 2.17. The number of halogens is 1. The van der Waals surface area contributed by atoms with Crippen LogP contribution in [-0.4, -0.2) is 59.9 Å². The Morgan fingerprint density at radius 3 is 2.62 bits per heavy atom. The van der Waals surface area contributed by atoms with Crippen molar-refractivity contribution in [2.75, 3.05) is 39.5 Å². The summed E-state index contributed by atoms with van der Waals surface area (Å²) < 4.78 is 7.40. The lowest BCUT2D eigenvalue weighted by Crippen LogP contribution is -2.38. The molecule has 1 aromatic heterocycles. The van der Waals surface area contributed by atoms with Crippen molar-refractivity contribution in [3.8, 4) is 0 Å². The lowest BCUT2D eigenvalue weighted by Gasteiger charge is -2.27. The molecule has 34 heavy (non-hydrogen) atoms. The van der Waals surface area contributed by atoms with E-state index in [1.54, 1.807) is 36.5 Å². The van der Waals surface area contributed by atoms with Gasteiger partial charge in [-0.3, -0.25) is 14.5 Å². The number of rotatable bonds is 8. The molecule has 0 unspecified atom stereocenters. The third-order valence-electron chi connectivity index (χ3n) is 5.89. The molecule has 1 saturated heterocycles. The first-order chi connectivity index (χ1) is 16.5. The summed E-state index contributed by atoms with van der Waals surface area (Å²) in [4.78, 5) is 28.7. The van der Waals surface area contributed by atoms with Crippen LogP contribution in [0.15, 0.2) is 59.5 Å². The van der Waals surface area contributed by atoms with Crippen LogP contribution in [0.1, 0.15) is 21.5 Å². The zero-order chi connectivity index (χ0) is 23.9. The Balaban J connectivity index is 1.64. The average Bonchev–Trinajstić information content (AvgIpc) is 2.87. The molecule has 4 rings (SSSR count). The minimum atomic E-state index is -0.418. The second kappa shape index (κ2) is 11.4. The fourth-order valence-corrected chi connectivity index (χ4v) is 4.13. The fraction of sp³-hybridized carbons (Fsp3) is 0.308. The van der Waals surface area contributed by atoms with Crippen molar-refractivity contribution < 1.29 is 14.6 Å². The molecule has 3 aromatic rings. The number of hydrogen-bond acceptors (Lipinski definition) is 5. The molecule has 0 saturated carbocycles. The molecule has 0 bridgehead atoms. The van der Waals surface area contributed by atoms with Crippen LogP contribution < -0.4 is 10.7 Å². The molecule has 2 aromatic carbocycles. The van der Waals surface area contributed by atoms with Gasteiger partial charge in [0.25, 0.3) is 5.91 Å². The summed E-state index contributed by atoms with van der Waals surface area (Å²) in [7, 11) is 0. The van der Waals surface area contributed by atoms with E-state index in [1.807, 2.05) is 28.8 Å². The maximum Gasteiger partial charge on any atom is 0.257 e. The number of hydrogen-bond donors (Lipinski definition) is 2. The molecule has 1 aliphatic heterocycles. The number of aliphatic hydroxyl groups excluding tert-OH is 1. The van der Waals surface area contributed by atoms with Gasteiger partial charge in [-0.2, -0.15) is 0 Å². The number of nitrogens with zero attached hydrogens (tertiary/aromatic N) is 2. The van der Waals surface area contributed by atoms with Crippen LogP contribution in [0.4, 0.5) is 0 Å². The van der Waals surface area contributed by atoms with Gasteiger partial charge in [0.05, 0.1) is 25.3 Å². The van der Waals surface area contributed by atoms with Gasteiger partial charge < -0.3 is 19.7 Å². The minimum Gasteiger partial charge on any atom is -0.392 e. The Labute approximate surface area is 203 Å². The van der Waals surface area contributed by atoms with Gasteiger partial charge in [-0.05, 0) is 35.4 Å². The SMILES string of the molecule is O=C(NCc1ccc(Cl)cc1)c1cn(CCN2CCOCC2)c2ccc(/C=C/CO)cc2c1=O. The van der Waals surface area contributed by atoms with Crippen LogP contribution in [0.2, 0.25) is 5.02 Å². The van der Waals surface area contributed by atoms with Gasteiger partial charge in [-0.15, -0.1) is 0 Å². The molecular formula is C26H28ClN3O4. The van der Waals surface area contributed by atoms with Crippen LogP contribution >= 0.6 is 11.6 Å². The van der Waals surface area contributed by atoms with E-state index in [1.165, 1.54) is 0 Å². The zero-order valence-electron chi connectivity index (χ0n) is 18.9. The summed E-state index contributed by atoms with van der Waals surface area (Å²) in [6, 6.07) is 12.8. The fourth-order valence-electron chi connectivity index (χ4n) is 4.01. The summed E-state index contributed by atoms with van der Waals surface area (Å²) in [6.07, 6.45) is 5.02. The number of benzene rings is 2. The van der Waals surface area contributed by atoms with Crippen molar-refractivity contribution in [1.82, 2.24) is 14.8 Å². The number of pyridine rings is 1. The largest absolute Gasteiger partial charge is 0.392 e. The third-order valence-corrected chi connectivity index (χ3v) is 6.14. The molecule has 0 radical (unpaired) electrons. The van der Waals surface area contributed by atoms with E-state index in [0.717, 1.165) is 36.3 Å². The summed E-state index contributed by atoms with van der Waals surface area (Å²) in [5, 5.41) is 13.0. The Hall–Kier alpha value is -2.97. The number of carbonyl (C=O) groups excluding carboxylic acids is 1. The van der Waals surface area contributed by atoms with Gasteiger partial charge in [0.15, 0.2) is 0 Å². The predicted molar refractivity (Wildman–Crippen MR) is 134 cm³/mol. The van der Waals surface area contributed by atoms with Gasteiger partial charge >= 0.3 is 0 Å². The highest BCUT2D eigenvalue weighted by atomic mass is 35.5. The van der Waals surface area contributed by atoms with Gasteiger partial charge in [-0.25, -0.2) is 0 Å². The number of carbonyl (C=O) groups is 1. The van der Waals surface area contributed by atoms with Gasteiger partial charge in [0.1, 0.15) is 5.56 Å². The smallest absolute Gasteiger partial charge is 0.257 e. The summed E-state index contributed by atoms with van der Waals surface area (Å²) in [5.74, 6) is -0.418. The third kappa shape index (κ3) is 5.93. The normalized spacial score (nSPS) is 14.6. The molecule has 178 valence electrons. The lowest BCUT2D eigenvalue weighted by molar-refractivity contribution is 0.0365. The molecule has 2 N–H and O–H groups in total. The number of ether oxygens (including phenoxy) is 1. The maximum atomic E-state index is 13.3. The van der Waals surface area contributed by atoms with E-state index in [4.69, 9.17) is 21.4 Å². The molecule has 2 heterocycles. The Bertz CT molecular complexity index is 1230. The summed E-state index contributed by atoms with van der Waals surface area (Å²) >= 11 is 5.93. The average molecular weight is 482 g/mol. The van der Waals surface area contributed by atoms with E-state index in [0.29, 0.717) is 36.7 Å². The van der Waals surface area contributed by atoms with E-state index in [-0.39, 0.29) is 17.6 Å². The first-order valence-electron chi connectivity index (χ1n) is 11.3. The van der Waals surface area contributed by atoms with E-state index in [2.05, 4.69) is 10.2 Å². The van der Waals surface area contributed by atoms with Crippen molar-refractivity contribution in [2.45, 2.75) is 13.1 Å². The summed E-state index contributed by atoms with van der Waals surface area (Å²) in [5.41, 5.74) is 2.24. The topological polar surface area (TPSA) is 83.8 Å². The molecule has 1 amide bonds. The van der Waals surface area contributed by atoms with E-state index in [9.17, 15) is 9.59 Å². The van der Waals surface area contributed by atoms with Crippen LogP contribution in [0.3, 0.4) is 0 Å². The number of fused-ring (bicyclic) bond motifs is 1. The Morgan fingerprint density at radius 2 is 1.88 bits per heavy atom. The van der Waals surface area contributed by atoms with E-state index >= 15 is 0 Å². The highest BCUT2D eigenvalue weighted by molar-refractivity contribution is 6.30. The maximum absolute atomic E-state index is 13.3. The number of morpholine rings is 1. The Kier molecular flexibility index (Phi) is 8.13. The highest BCUT2D eigenvalue weighted by Crippen LogP contribution is 2.17. The van der Waals surface area contributed by atoms with Crippen molar-refractivity contribution in [3.63, 3.8) is 0 Å². The van der Waals surface area contributed by atoms with Crippen LogP contribution in [0.5, 0.6) is 0 Å². The first-order valence-corrected chi connectivity index (χ1v) is 11.7. The second-order valence-electron chi connectivity index (χ2n) is 8.19. The molecule has 0 atom stereocenters. The standard InChI is InChI=1S/C26H28ClN3O4/c27-21-6-3-20(4-7-21)17-28-26(33)23-18-30(10-9-29-11-14-34-15-12-29)24-8-5-19(2-1-13-31)16-22(24)25(23)32/h1-8,16,18,31H,9-15,17H2,(H,28,33)/b2-1+. The number of amides is 1. The molecule has 0 aliphatic carbocycles. The number of aromatic nitrogens is 1. The molecule has 1 fully saturated rings. The monoisotopic (exact) mass is 481 g/mol. The van der Waals surface area contributed by atoms with Crippen LogP contribution in [-0.2, 0) is 17.8 Å². The van der Waals surface area contributed by atoms with Crippen LogP contribution in [0, 0.1) is 0 Å². The van der Waals surface area contributed by atoms with Gasteiger partial charge in [0, 0.05) is 49.3 Å². The Morgan fingerprint density at radius 1 is 1.12 bits per heavy atom. The van der Waals surface area contributed by atoms with Gasteiger partial charge in [0.2, 0.25) is 5.43 Å². The van der Waals surface area contributed by atoms with E-state index < -0.39 is 5.91 Å². The first kappa shape index (κ1) is 24.2. The van der Waals surface area contributed by atoms with Crippen molar-refractivity contribution in [3.05, 3.63) is 86.7 Å². The van der Waals surface area contributed by atoms with Crippen molar-refractivity contribution >= 4 is 34.5 Å². The molecule has 0 spiro atoms. The molecule has 8 heteroatoms. The molecule has 7 nitrogen and oxygen atoms in total. The predicted octanol–water partition coefficient (Wildman–Crippen LogP) is 2.92. The molecular weight excluding hydrogens is 454 g/mol. The minimum absolute atomic E-state index is 0.0883. The number of aliphatic hydroxyl groups is 1. The quantitative estimate of drug-likeness (QED) is 0.517. The van der Waals surface area contributed by atoms with Crippen molar-refractivity contribution in [1.29, 1.82) is 0 Å². The number of nitrogens with one attached hydrogen (secondary N) is 1.